The zero-order valence-corrected chi connectivity index (χ0v) is 11.8. The summed E-state index contributed by atoms with van der Waals surface area (Å²) in [5, 5.41) is 16.2. The molecule has 0 bridgehead atoms. The predicted molar refractivity (Wildman–Crippen MR) is 80.7 cm³/mol. The van der Waals surface area contributed by atoms with E-state index in [4.69, 9.17) is 0 Å². The van der Waals surface area contributed by atoms with E-state index < -0.39 is 6.04 Å². The Morgan fingerprint density at radius 3 is 2.90 bits per heavy atom. The Kier molecular flexibility index (Phi) is 3.44. The molecular formula is C16H16N4O. The molecule has 2 N–H and O–H groups in total. The summed E-state index contributed by atoms with van der Waals surface area (Å²) in [6.45, 7) is 1.80. The van der Waals surface area contributed by atoms with Crippen LogP contribution in [-0.4, -0.2) is 23.0 Å². The maximum Gasteiger partial charge on any atom is 0.242 e. The summed E-state index contributed by atoms with van der Waals surface area (Å²) in [4.78, 5) is 16.3. The predicted octanol–water partition coefficient (Wildman–Crippen LogP) is 2.19. The lowest BCUT2D eigenvalue weighted by molar-refractivity contribution is -0.121. The van der Waals surface area contributed by atoms with E-state index in [1.54, 1.807) is 6.92 Å². The van der Waals surface area contributed by atoms with Crippen LogP contribution >= 0.6 is 0 Å². The first-order valence-corrected chi connectivity index (χ1v) is 7.04. The third-order valence-electron chi connectivity index (χ3n) is 3.57. The lowest BCUT2D eigenvalue weighted by Gasteiger charge is -2.17. The van der Waals surface area contributed by atoms with Crippen LogP contribution < -0.4 is 10.6 Å². The number of carbonyl (C=O) groups excluding carboxylic acids is 1. The molecule has 1 fully saturated rings. The zero-order chi connectivity index (χ0) is 14.8. The molecule has 1 aromatic heterocycles. The van der Waals surface area contributed by atoms with Crippen LogP contribution in [0.3, 0.4) is 0 Å². The quantitative estimate of drug-likeness (QED) is 0.900. The van der Waals surface area contributed by atoms with Crippen LogP contribution in [0.25, 0.3) is 10.9 Å². The van der Waals surface area contributed by atoms with Crippen molar-refractivity contribution < 1.29 is 4.79 Å². The van der Waals surface area contributed by atoms with Crippen molar-refractivity contribution in [1.82, 2.24) is 10.3 Å². The number of amides is 1. The van der Waals surface area contributed by atoms with Gasteiger partial charge in [0.15, 0.2) is 0 Å². The normalized spacial score (nSPS) is 15.2. The molecule has 0 saturated heterocycles. The van der Waals surface area contributed by atoms with E-state index in [0.29, 0.717) is 17.3 Å². The number of para-hydroxylation sites is 1. The molecule has 5 heteroatoms. The Bertz CT molecular complexity index is 731. The molecule has 0 aliphatic heterocycles. The van der Waals surface area contributed by atoms with Gasteiger partial charge in [-0.05, 0) is 25.8 Å². The second-order valence-corrected chi connectivity index (χ2v) is 5.32. The first-order chi connectivity index (χ1) is 10.2. The van der Waals surface area contributed by atoms with Gasteiger partial charge in [-0.25, -0.2) is 0 Å². The van der Waals surface area contributed by atoms with Crippen molar-refractivity contribution >= 4 is 22.5 Å². The van der Waals surface area contributed by atoms with E-state index >= 15 is 0 Å². The maximum absolute atomic E-state index is 12.1. The molecule has 0 radical (unpaired) electrons. The van der Waals surface area contributed by atoms with Crippen LogP contribution in [0, 0.1) is 11.3 Å². The van der Waals surface area contributed by atoms with E-state index in [1.807, 2.05) is 24.3 Å². The molecule has 1 aliphatic carbocycles. The van der Waals surface area contributed by atoms with Crippen molar-refractivity contribution in [3.63, 3.8) is 0 Å². The summed E-state index contributed by atoms with van der Waals surface area (Å²) >= 11 is 0. The average Bonchev–Trinajstić information content (AvgIpc) is 3.31. The van der Waals surface area contributed by atoms with Crippen molar-refractivity contribution in [1.29, 1.82) is 5.26 Å². The zero-order valence-electron chi connectivity index (χ0n) is 11.8. The fourth-order valence-electron chi connectivity index (χ4n) is 2.22. The second kappa shape index (κ2) is 5.41. The van der Waals surface area contributed by atoms with Gasteiger partial charge in [-0.2, -0.15) is 5.26 Å². The Morgan fingerprint density at radius 1 is 1.43 bits per heavy atom. The van der Waals surface area contributed by atoms with Crippen molar-refractivity contribution in [2.24, 2.45) is 0 Å². The summed E-state index contributed by atoms with van der Waals surface area (Å²) in [6.07, 6.45) is 3.65. The van der Waals surface area contributed by atoms with Gasteiger partial charge in [0.1, 0.15) is 12.1 Å². The first-order valence-electron chi connectivity index (χ1n) is 7.04. The highest BCUT2D eigenvalue weighted by molar-refractivity contribution is 5.96. The topological polar surface area (TPSA) is 77.8 Å². The minimum Gasteiger partial charge on any atom is -0.372 e. The fourth-order valence-corrected chi connectivity index (χ4v) is 2.22. The summed E-state index contributed by atoms with van der Waals surface area (Å²) in [7, 11) is 0. The number of hydrogen-bond donors (Lipinski definition) is 2. The van der Waals surface area contributed by atoms with E-state index in [1.165, 1.54) is 6.20 Å². The molecule has 3 rings (SSSR count). The van der Waals surface area contributed by atoms with E-state index in [9.17, 15) is 10.1 Å². The molecule has 1 heterocycles. The summed E-state index contributed by atoms with van der Waals surface area (Å²) < 4.78 is 0. The van der Waals surface area contributed by atoms with E-state index in [2.05, 4.69) is 21.7 Å². The highest BCUT2D eigenvalue weighted by Gasteiger charge is 2.26. The van der Waals surface area contributed by atoms with Gasteiger partial charge >= 0.3 is 0 Å². The smallest absolute Gasteiger partial charge is 0.242 e. The highest BCUT2D eigenvalue weighted by Crippen LogP contribution is 2.26. The number of fused-ring (bicyclic) bond motifs is 1. The molecule has 0 spiro atoms. The molecule has 1 unspecified atom stereocenters. The summed E-state index contributed by atoms with van der Waals surface area (Å²) in [6, 6.07) is 9.63. The fraction of sp³-hybridized carbons (Fsp3) is 0.312. The van der Waals surface area contributed by atoms with Gasteiger partial charge in [0, 0.05) is 17.6 Å². The molecule has 5 nitrogen and oxygen atoms in total. The first kappa shape index (κ1) is 13.4. The molecule has 21 heavy (non-hydrogen) atoms. The number of aromatic nitrogens is 1. The number of nitrogens with zero attached hydrogens (tertiary/aromatic N) is 2. The van der Waals surface area contributed by atoms with Gasteiger partial charge in [-0.3, -0.25) is 9.78 Å². The molecule has 1 amide bonds. The second-order valence-electron chi connectivity index (χ2n) is 5.32. The van der Waals surface area contributed by atoms with Crippen LogP contribution in [0.4, 0.5) is 5.69 Å². The van der Waals surface area contributed by atoms with Gasteiger partial charge in [0.05, 0.1) is 16.8 Å². The van der Waals surface area contributed by atoms with Crippen LogP contribution in [0.5, 0.6) is 0 Å². The standard InChI is InChI=1S/C16H16N4O/c1-10(16(21)20-12-6-7-12)19-15-11(8-17)9-18-14-5-3-2-4-13(14)15/h2-5,9-10,12H,6-7H2,1H3,(H,18,19)(H,20,21). The molecule has 1 aliphatic rings. The Balaban J connectivity index is 1.91. The molecule has 1 aromatic carbocycles. The lowest BCUT2D eigenvalue weighted by atomic mass is 10.1. The highest BCUT2D eigenvalue weighted by atomic mass is 16.2. The summed E-state index contributed by atoms with van der Waals surface area (Å²) in [5.41, 5.74) is 1.91. The Labute approximate surface area is 123 Å². The molecule has 1 saturated carbocycles. The average molecular weight is 280 g/mol. The van der Waals surface area contributed by atoms with E-state index in [-0.39, 0.29) is 5.91 Å². The van der Waals surface area contributed by atoms with Crippen molar-refractivity contribution in [3.8, 4) is 6.07 Å². The van der Waals surface area contributed by atoms with Crippen LogP contribution in [0.2, 0.25) is 0 Å². The Hall–Kier alpha value is -2.61. The Morgan fingerprint density at radius 2 is 2.19 bits per heavy atom. The van der Waals surface area contributed by atoms with Gasteiger partial charge in [0.2, 0.25) is 5.91 Å². The summed E-state index contributed by atoms with van der Waals surface area (Å²) in [5.74, 6) is -0.0396. The number of hydrogen-bond acceptors (Lipinski definition) is 4. The van der Waals surface area contributed by atoms with Gasteiger partial charge in [0.25, 0.3) is 0 Å². The molecule has 2 aromatic rings. The minimum absolute atomic E-state index is 0.0396. The van der Waals surface area contributed by atoms with Crippen LogP contribution in [0.1, 0.15) is 25.3 Å². The number of rotatable bonds is 4. The van der Waals surface area contributed by atoms with E-state index in [0.717, 1.165) is 23.7 Å². The van der Waals surface area contributed by atoms with Crippen LogP contribution in [0.15, 0.2) is 30.5 Å². The number of pyridine rings is 1. The van der Waals surface area contributed by atoms with Gasteiger partial charge in [-0.15, -0.1) is 0 Å². The third-order valence-corrected chi connectivity index (χ3v) is 3.57. The molecule has 1 atom stereocenters. The number of benzene rings is 1. The van der Waals surface area contributed by atoms with Gasteiger partial charge in [-0.1, -0.05) is 18.2 Å². The van der Waals surface area contributed by atoms with Crippen molar-refractivity contribution in [2.45, 2.75) is 31.8 Å². The minimum atomic E-state index is -0.400. The maximum atomic E-state index is 12.1. The number of nitrogens with one attached hydrogen (secondary N) is 2. The lowest BCUT2D eigenvalue weighted by Crippen LogP contribution is -2.38. The SMILES string of the molecule is CC(Nc1c(C#N)cnc2ccccc12)C(=O)NC1CC1. The van der Waals surface area contributed by atoms with Crippen LogP contribution in [-0.2, 0) is 4.79 Å². The van der Waals surface area contributed by atoms with Gasteiger partial charge < -0.3 is 10.6 Å². The largest absolute Gasteiger partial charge is 0.372 e. The molecular weight excluding hydrogens is 264 g/mol. The number of nitriles is 1. The number of anilines is 1. The molecule has 106 valence electrons. The van der Waals surface area contributed by atoms with Crippen molar-refractivity contribution in [2.75, 3.05) is 5.32 Å². The van der Waals surface area contributed by atoms with Crippen molar-refractivity contribution in [3.05, 3.63) is 36.0 Å². The third kappa shape index (κ3) is 2.79. The number of carbonyl (C=O) groups is 1. The monoisotopic (exact) mass is 280 g/mol.